The summed E-state index contributed by atoms with van der Waals surface area (Å²) >= 11 is 0. The lowest BCUT2D eigenvalue weighted by atomic mass is 9.90. The summed E-state index contributed by atoms with van der Waals surface area (Å²) in [4.78, 5) is 23.1. The number of nitrogens with one attached hydrogen (secondary N) is 2. The first-order valence-electron chi connectivity index (χ1n) is 6.88. The number of hydrogen-bond acceptors (Lipinski definition) is 3. The van der Waals surface area contributed by atoms with E-state index < -0.39 is 5.91 Å². The SMILES string of the molecule is O=C(/C=C/C1C=C(C(=O)NO)CCC1)Nc1ccccc1. The summed E-state index contributed by atoms with van der Waals surface area (Å²) in [5.41, 5.74) is 2.94. The third kappa shape index (κ3) is 4.57. The molecule has 2 amide bonds. The van der Waals surface area contributed by atoms with E-state index in [0.29, 0.717) is 12.0 Å². The van der Waals surface area contributed by atoms with Gasteiger partial charge in [0.05, 0.1) is 0 Å². The standard InChI is InChI=1S/C16H18N2O3/c19-15(17-14-7-2-1-3-8-14)10-9-12-5-4-6-13(11-12)16(20)18-21/h1-3,7-12,21H,4-6H2,(H,17,19)(H,18,20)/b10-9+. The number of anilines is 1. The van der Waals surface area contributed by atoms with E-state index in [1.807, 2.05) is 30.3 Å². The van der Waals surface area contributed by atoms with Crippen molar-refractivity contribution >= 4 is 17.5 Å². The van der Waals surface area contributed by atoms with E-state index in [2.05, 4.69) is 5.32 Å². The van der Waals surface area contributed by atoms with Gasteiger partial charge in [-0.25, -0.2) is 5.48 Å². The molecule has 5 heteroatoms. The summed E-state index contributed by atoms with van der Waals surface area (Å²) in [6.07, 6.45) is 7.44. The second-order valence-corrected chi connectivity index (χ2v) is 4.90. The second-order valence-electron chi connectivity index (χ2n) is 4.90. The summed E-state index contributed by atoms with van der Waals surface area (Å²) in [6, 6.07) is 9.21. The predicted octanol–water partition coefficient (Wildman–Crippen LogP) is 2.41. The van der Waals surface area contributed by atoms with E-state index in [4.69, 9.17) is 5.21 Å². The van der Waals surface area contributed by atoms with Gasteiger partial charge in [-0.3, -0.25) is 14.8 Å². The topological polar surface area (TPSA) is 78.4 Å². The highest BCUT2D eigenvalue weighted by atomic mass is 16.5. The molecule has 0 fully saturated rings. The molecule has 0 bridgehead atoms. The van der Waals surface area contributed by atoms with E-state index in [9.17, 15) is 9.59 Å². The van der Waals surface area contributed by atoms with Gasteiger partial charge in [0.15, 0.2) is 0 Å². The zero-order valence-corrected chi connectivity index (χ0v) is 11.6. The summed E-state index contributed by atoms with van der Waals surface area (Å²) in [5.74, 6) is -0.636. The van der Waals surface area contributed by atoms with Crippen LogP contribution >= 0.6 is 0 Å². The van der Waals surface area contributed by atoms with Gasteiger partial charge in [-0.05, 0) is 43.4 Å². The maximum Gasteiger partial charge on any atom is 0.270 e. The monoisotopic (exact) mass is 286 g/mol. The molecule has 5 nitrogen and oxygen atoms in total. The van der Waals surface area contributed by atoms with E-state index in [0.717, 1.165) is 18.5 Å². The Hall–Kier alpha value is -2.40. The van der Waals surface area contributed by atoms with Crippen LogP contribution in [0.3, 0.4) is 0 Å². The molecule has 0 saturated heterocycles. The Morgan fingerprint density at radius 3 is 2.71 bits per heavy atom. The molecule has 0 saturated carbocycles. The van der Waals surface area contributed by atoms with Crippen LogP contribution in [0.15, 0.2) is 54.1 Å². The molecule has 110 valence electrons. The van der Waals surface area contributed by atoms with Gasteiger partial charge in [0.25, 0.3) is 5.91 Å². The molecule has 0 aromatic heterocycles. The lowest BCUT2D eigenvalue weighted by Crippen LogP contribution is -2.23. The summed E-state index contributed by atoms with van der Waals surface area (Å²) < 4.78 is 0. The maximum atomic E-state index is 11.8. The average molecular weight is 286 g/mol. The Bertz CT molecular complexity index is 564. The van der Waals surface area contributed by atoms with Crippen LogP contribution in [-0.4, -0.2) is 17.0 Å². The fraction of sp³-hybridized carbons (Fsp3) is 0.250. The highest BCUT2D eigenvalue weighted by Gasteiger charge is 2.16. The van der Waals surface area contributed by atoms with Crippen molar-refractivity contribution in [3.63, 3.8) is 0 Å². The largest absolute Gasteiger partial charge is 0.323 e. The number of hydroxylamine groups is 1. The number of allylic oxidation sites excluding steroid dienone is 2. The zero-order valence-electron chi connectivity index (χ0n) is 11.6. The van der Waals surface area contributed by atoms with Crippen molar-refractivity contribution in [2.24, 2.45) is 5.92 Å². The van der Waals surface area contributed by atoms with Crippen molar-refractivity contribution in [1.29, 1.82) is 0 Å². The van der Waals surface area contributed by atoms with Crippen LogP contribution in [0.2, 0.25) is 0 Å². The first-order chi connectivity index (χ1) is 10.2. The first-order valence-corrected chi connectivity index (χ1v) is 6.88. The number of amides is 2. The maximum absolute atomic E-state index is 11.8. The molecular formula is C16H18N2O3. The third-order valence-electron chi connectivity index (χ3n) is 3.33. The van der Waals surface area contributed by atoms with Gasteiger partial charge in [-0.15, -0.1) is 0 Å². The Labute approximate surface area is 123 Å². The van der Waals surface area contributed by atoms with Crippen LogP contribution in [0.5, 0.6) is 0 Å². The molecule has 0 spiro atoms. The van der Waals surface area contributed by atoms with Crippen molar-refractivity contribution in [2.75, 3.05) is 5.32 Å². The molecule has 1 atom stereocenters. The molecule has 3 N–H and O–H groups in total. The smallest absolute Gasteiger partial charge is 0.270 e. The van der Waals surface area contributed by atoms with Crippen molar-refractivity contribution in [1.82, 2.24) is 5.48 Å². The number of hydrogen-bond donors (Lipinski definition) is 3. The van der Waals surface area contributed by atoms with E-state index >= 15 is 0 Å². The minimum Gasteiger partial charge on any atom is -0.323 e. The quantitative estimate of drug-likeness (QED) is 0.452. The number of benzene rings is 1. The molecular weight excluding hydrogens is 268 g/mol. The molecule has 1 unspecified atom stereocenters. The highest BCUT2D eigenvalue weighted by molar-refractivity contribution is 5.99. The normalized spacial score (nSPS) is 18.1. The molecule has 21 heavy (non-hydrogen) atoms. The summed E-state index contributed by atoms with van der Waals surface area (Å²) in [6.45, 7) is 0. The van der Waals surface area contributed by atoms with Crippen LogP contribution < -0.4 is 10.8 Å². The van der Waals surface area contributed by atoms with Crippen molar-refractivity contribution in [3.05, 3.63) is 54.1 Å². The molecule has 1 aromatic carbocycles. The fourth-order valence-electron chi connectivity index (χ4n) is 2.28. The highest BCUT2D eigenvalue weighted by Crippen LogP contribution is 2.23. The summed E-state index contributed by atoms with van der Waals surface area (Å²) in [5, 5.41) is 11.4. The zero-order chi connectivity index (χ0) is 15.1. The Morgan fingerprint density at radius 2 is 2.00 bits per heavy atom. The van der Waals surface area contributed by atoms with Gasteiger partial charge < -0.3 is 5.32 Å². The third-order valence-corrected chi connectivity index (χ3v) is 3.33. The molecule has 0 radical (unpaired) electrons. The van der Waals surface area contributed by atoms with Gasteiger partial charge in [0, 0.05) is 11.3 Å². The van der Waals surface area contributed by atoms with Crippen LogP contribution in [0.4, 0.5) is 5.69 Å². The number of carbonyl (C=O) groups is 2. The van der Waals surface area contributed by atoms with Crippen LogP contribution in [0.25, 0.3) is 0 Å². The Kier molecular flexibility index (Phi) is 5.29. The summed E-state index contributed by atoms with van der Waals surface area (Å²) in [7, 11) is 0. The van der Waals surface area contributed by atoms with Crippen LogP contribution in [0.1, 0.15) is 19.3 Å². The van der Waals surface area contributed by atoms with Gasteiger partial charge in [0.2, 0.25) is 5.91 Å². The first kappa shape index (κ1) is 15.0. The van der Waals surface area contributed by atoms with Crippen LogP contribution in [0, 0.1) is 5.92 Å². The molecule has 1 aliphatic carbocycles. The minimum absolute atomic E-state index is 0.0348. The van der Waals surface area contributed by atoms with Crippen molar-refractivity contribution in [3.8, 4) is 0 Å². The van der Waals surface area contributed by atoms with E-state index in [1.54, 1.807) is 17.6 Å². The molecule has 2 rings (SSSR count). The van der Waals surface area contributed by atoms with E-state index in [1.165, 1.54) is 6.08 Å². The molecule has 0 aliphatic heterocycles. The average Bonchev–Trinajstić information content (AvgIpc) is 2.53. The van der Waals surface area contributed by atoms with Gasteiger partial charge >= 0.3 is 0 Å². The molecule has 1 aromatic rings. The van der Waals surface area contributed by atoms with Crippen molar-refractivity contribution < 1.29 is 14.8 Å². The van der Waals surface area contributed by atoms with Gasteiger partial charge in [0.1, 0.15) is 0 Å². The minimum atomic E-state index is -0.471. The Morgan fingerprint density at radius 1 is 1.24 bits per heavy atom. The van der Waals surface area contributed by atoms with Crippen molar-refractivity contribution in [2.45, 2.75) is 19.3 Å². The van der Waals surface area contributed by atoms with Crippen LogP contribution in [-0.2, 0) is 9.59 Å². The van der Waals surface area contributed by atoms with Gasteiger partial charge in [-0.2, -0.15) is 0 Å². The molecule has 1 aliphatic rings. The Balaban J connectivity index is 1.94. The van der Waals surface area contributed by atoms with E-state index in [-0.39, 0.29) is 11.8 Å². The molecule has 0 heterocycles. The number of para-hydroxylation sites is 1. The number of rotatable bonds is 4. The number of carbonyl (C=O) groups excluding carboxylic acids is 2. The lowest BCUT2D eigenvalue weighted by molar-refractivity contribution is -0.125. The lowest BCUT2D eigenvalue weighted by Gasteiger charge is -2.17. The fourth-order valence-corrected chi connectivity index (χ4v) is 2.28. The van der Waals surface area contributed by atoms with Gasteiger partial charge in [-0.1, -0.05) is 30.4 Å². The second kappa shape index (κ2) is 7.40. The predicted molar refractivity (Wildman–Crippen MR) is 79.6 cm³/mol.